The number of amides is 2. The Hall–Kier alpha value is -2.44. The third kappa shape index (κ3) is 2.61. The van der Waals surface area contributed by atoms with E-state index in [1.807, 2.05) is 0 Å². The molecule has 1 aliphatic rings. The number of nitrogens with zero attached hydrogens (tertiary/aromatic N) is 4. The van der Waals surface area contributed by atoms with Gasteiger partial charge in [-0.2, -0.15) is 5.10 Å². The van der Waals surface area contributed by atoms with Crippen molar-refractivity contribution in [1.29, 1.82) is 0 Å². The van der Waals surface area contributed by atoms with Crippen LogP contribution in [-0.2, 0) is 0 Å². The minimum atomic E-state index is -0.371. The molecule has 104 valence electrons. The number of benzene rings is 1. The van der Waals surface area contributed by atoms with E-state index in [9.17, 15) is 9.18 Å². The molecule has 1 aliphatic heterocycles. The Bertz CT molecular complexity index is 601. The van der Waals surface area contributed by atoms with E-state index in [1.165, 1.54) is 18.5 Å². The van der Waals surface area contributed by atoms with Gasteiger partial charge in [-0.05, 0) is 24.6 Å². The number of nitrogens with one attached hydrogen (secondary N) is 1. The summed E-state index contributed by atoms with van der Waals surface area (Å²) in [5.74, 6) is -0.371. The molecule has 0 unspecified atom stereocenters. The zero-order valence-corrected chi connectivity index (χ0v) is 10.7. The molecule has 20 heavy (non-hydrogen) atoms. The van der Waals surface area contributed by atoms with Gasteiger partial charge in [-0.25, -0.2) is 18.9 Å². The highest BCUT2D eigenvalue weighted by Crippen LogP contribution is 2.21. The van der Waals surface area contributed by atoms with Crippen LogP contribution >= 0.6 is 0 Å². The van der Waals surface area contributed by atoms with Crippen LogP contribution in [0, 0.1) is 5.82 Å². The summed E-state index contributed by atoms with van der Waals surface area (Å²) in [6, 6.07) is 5.78. The summed E-state index contributed by atoms with van der Waals surface area (Å²) in [6.45, 7) is 1.22. The second-order valence-corrected chi connectivity index (χ2v) is 4.70. The molecule has 6 nitrogen and oxygen atoms in total. The average Bonchev–Trinajstić information content (AvgIpc) is 3.10. The molecule has 0 bridgehead atoms. The molecule has 2 heterocycles. The van der Waals surface area contributed by atoms with Crippen molar-refractivity contribution in [3.63, 3.8) is 0 Å². The van der Waals surface area contributed by atoms with Crippen molar-refractivity contribution >= 4 is 11.7 Å². The fraction of sp³-hybridized carbons (Fsp3) is 0.308. The summed E-state index contributed by atoms with van der Waals surface area (Å²) in [6.07, 6.45) is 3.97. The Morgan fingerprint density at radius 2 is 2.35 bits per heavy atom. The number of rotatable bonds is 2. The van der Waals surface area contributed by atoms with E-state index in [2.05, 4.69) is 15.4 Å². The minimum absolute atomic E-state index is 0.149. The smallest absolute Gasteiger partial charge is 0.321 e. The number of hydrogen-bond donors (Lipinski definition) is 1. The van der Waals surface area contributed by atoms with Crippen molar-refractivity contribution < 1.29 is 9.18 Å². The van der Waals surface area contributed by atoms with Crippen molar-refractivity contribution in [3.05, 3.63) is 42.7 Å². The van der Waals surface area contributed by atoms with Crippen molar-refractivity contribution in [2.24, 2.45) is 0 Å². The molecule has 0 saturated carbocycles. The number of halogens is 1. The molecule has 1 aromatic carbocycles. The Morgan fingerprint density at radius 1 is 1.45 bits per heavy atom. The fourth-order valence-corrected chi connectivity index (χ4v) is 2.32. The summed E-state index contributed by atoms with van der Waals surface area (Å²) in [4.78, 5) is 17.7. The Labute approximate surface area is 115 Å². The second kappa shape index (κ2) is 5.28. The lowest BCUT2D eigenvalue weighted by Gasteiger charge is -2.17. The van der Waals surface area contributed by atoms with Gasteiger partial charge in [-0.3, -0.25) is 0 Å². The molecule has 1 N–H and O–H groups in total. The molecule has 1 fully saturated rings. The third-order valence-electron chi connectivity index (χ3n) is 3.34. The standard InChI is InChI=1S/C13H14FN5O/c14-10-2-1-3-11(6-10)17-13(20)18-5-4-12(7-18)19-9-15-8-16-19/h1-3,6,8-9,12H,4-5,7H2,(H,17,20)/t12-/m0/s1. The van der Waals surface area contributed by atoms with Crippen LogP contribution in [0.15, 0.2) is 36.9 Å². The van der Waals surface area contributed by atoms with Gasteiger partial charge in [-0.15, -0.1) is 0 Å². The Balaban J connectivity index is 1.61. The van der Waals surface area contributed by atoms with Gasteiger partial charge in [-0.1, -0.05) is 6.07 Å². The monoisotopic (exact) mass is 275 g/mol. The van der Waals surface area contributed by atoms with E-state index >= 15 is 0 Å². The van der Waals surface area contributed by atoms with Crippen LogP contribution in [0.5, 0.6) is 0 Å². The molecule has 3 rings (SSSR count). The second-order valence-electron chi connectivity index (χ2n) is 4.70. The van der Waals surface area contributed by atoms with Gasteiger partial charge < -0.3 is 10.2 Å². The van der Waals surface area contributed by atoms with Gasteiger partial charge in [0, 0.05) is 18.8 Å². The first-order chi connectivity index (χ1) is 9.72. The van der Waals surface area contributed by atoms with Gasteiger partial charge in [0.15, 0.2) is 0 Å². The molecule has 1 saturated heterocycles. The molecule has 0 spiro atoms. The Kier molecular flexibility index (Phi) is 3.32. The maximum atomic E-state index is 13.1. The van der Waals surface area contributed by atoms with Gasteiger partial charge in [0.05, 0.1) is 6.04 Å². The van der Waals surface area contributed by atoms with Crippen molar-refractivity contribution in [2.45, 2.75) is 12.5 Å². The van der Waals surface area contributed by atoms with Crippen LogP contribution in [0.2, 0.25) is 0 Å². The van der Waals surface area contributed by atoms with Crippen LogP contribution < -0.4 is 5.32 Å². The van der Waals surface area contributed by atoms with Crippen LogP contribution in [0.4, 0.5) is 14.9 Å². The molecular formula is C13H14FN5O. The number of hydrogen-bond acceptors (Lipinski definition) is 3. The normalized spacial score (nSPS) is 18.2. The number of aromatic nitrogens is 3. The van der Waals surface area contributed by atoms with E-state index in [0.29, 0.717) is 18.8 Å². The molecule has 2 amide bonds. The highest BCUT2D eigenvalue weighted by atomic mass is 19.1. The topological polar surface area (TPSA) is 63.1 Å². The SMILES string of the molecule is O=C(Nc1cccc(F)c1)N1CC[C@H](n2cncn2)C1. The van der Waals surface area contributed by atoms with Crippen molar-refractivity contribution in [1.82, 2.24) is 19.7 Å². The number of carbonyl (C=O) groups is 1. The quantitative estimate of drug-likeness (QED) is 0.910. The maximum absolute atomic E-state index is 13.1. The van der Waals surface area contributed by atoms with E-state index in [0.717, 1.165) is 6.42 Å². The Morgan fingerprint density at radius 3 is 3.10 bits per heavy atom. The van der Waals surface area contributed by atoms with Crippen molar-refractivity contribution in [2.75, 3.05) is 18.4 Å². The lowest BCUT2D eigenvalue weighted by molar-refractivity contribution is 0.220. The van der Waals surface area contributed by atoms with Crippen LogP contribution in [0.1, 0.15) is 12.5 Å². The highest BCUT2D eigenvalue weighted by molar-refractivity contribution is 5.89. The van der Waals surface area contributed by atoms with Crippen LogP contribution in [0.3, 0.4) is 0 Å². The molecule has 7 heteroatoms. The maximum Gasteiger partial charge on any atom is 0.321 e. The zero-order valence-electron chi connectivity index (χ0n) is 10.7. The van der Waals surface area contributed by atoms with E-state index < -0.39 is 0 Å². The highest BCUT2D eigenvalue weighted by Gasteiger charge is 2.27. The molecular weight excluding hydrogens is 261 g/mol. The summed E-state index contributed by atoms with van der Waals surface area (Å²) in [7, 11) is 0. The first-order valence-corrected chi connectivity index (χ1v) is 6.38. The van der Waals surface area contributed by atoms with Crippen LogP contribution in [-0.4, -0.2) is 38.8 Å². The summed E-state index contributed by atoms with van der Waals surface area (Å²) >= 11 is 0. The number of urea groups is 1. The van der Waals surface area contributed by atoms with Gasteiger partial charge >= 0.3 is 6.03 Å². The van der Waals surface area contributed by atoms with E-state index in [1.54, 1.807) is 28.0 Å². The van der Waals surface area contributed by atoms with E-state index in [-0.39, 0.29) is 17.9 Å². The van der Waals surface area contributed by atoms with Crippen molar-refractivity contribution in [3.8, 4) is 0 Å². The molecule has 2 aromatic rings. The first kappa shape index (κ1) is 12.6. The first-order valence-electron chi connectivity index (χ1n) is 6.38. The molecule has 0 radical (unpaired) electrons. The molecule has 1 atom stereocenters. The predicted molar refractivity (Wildman–Crippen MR) is 70.7 cm³/mol. The zero-order chi connectivity index (χ0) is 13.9. The van der Waals surface area contributed by atoms with Gasteiger partial charge in [0.1, 0.15) is 18.5 Å². The lowest BCUT2D eigenvalue weighted by atomic mass is 10.3. The number of carbonyl (C=O) groups excluding carboxylic acids is 1. The van der Waals surface area contributed by atoms with E-state index in [4.69, 9.17) is 0 Å². The largest absolute Gasteiger partial charge is 0.322 e. The number of anilines is 1. The van der Waals surface area contributed by atoms with Crippen LogP contribution in [0.25, 0.3) is 0 Å². The average molecular weight is 275 g/mol. The lowest BCUT2D eigenvalue weighted by Crippen LogP contribution is -2.33. The number of likely N-dealkylation sites (tertiary alicyclic amines) is 1. The summed E-state index contributed by atoms with van der Waals surface area (Å²) < 4.78 is 14.8. The third-order valence-corrected chi connectivity index (χ3v) is 3.34. The van der Waals surface area contributed by atoms with Gasteiger partial charge in [0.2, 0.25) is 0 Å². The predicted octanol–water partition coefficient (Wildman–Crippen LogP) is 1.90. The summed E-state index contributed by atoms with van der Waals surface area (Å²) in [5.41, 5.74) is 0.458. The fourth-order valence-electron chi connectivity index (χ4n) is 2.32. The molecule has 1 aromatic heterocycles. The minimum Gasteiger partial charge on any atom is -0.322 e. The summed E-state index contributed by atoms with van der Waals surface area (Å²) in [5, 5.41) is 6.78. The van der Waals surface area contributed by atoms with Gasteiger partial charge in [0.25, 0.3) is 0 Å². The molecule has 0 aliphatic carbocycles.